The maximum Gasteiger partial charge on any atom is 0.472 e. The molecule has 2 atom stereocenters. The maximum atomic E-state index is 12.8. The Hall–Kier alpha value is -2.03. The normalized spacial score (nSPS) is 13.1. The van der Waals surface area contributed by atoms with Crippen molar-refractivity contribution in [3.63, 3.8) is 0 Å². The van der Waals surface area contributed by atoms with Gasteiger partial charge in [0.1, 0.15) is 6.61 Å². The Morgan fingerprint density at radius 1 is 0.337 bits per heavy atom. The van der Waals surface area contributed by atoms with Crippen LogP contribution in [0.25, 0.3) is 0 Å². The fraction of sp³-hybridized carbons (Fsp3) is 0.873. The molecule has 0 aromatic heterocycles. The number of hydrogen-bond donors (Lipinski definition) is 2. The summed E-state index contributed by atoms with van der Waals surface area (Å²) in [6.07, 6.45) is 96.7. The monoisotopic (exact) mass is 1270 g/mol. The third-order valence-corrected chi connectivity index (χ3v) is 18.7. The number of carbonyl (C=O) groups is 2. The molecule has 0 rings (SSSR count). The van der Waals surface area contributed by atoms with Crippen LogP contribution in [-0.4, -0.2) is 49.3 Å². The van der Waals surface area contributed by atoms with Gasteiger partial charge in [0.05, 0.1) is 13.2 Å². The van der Waals surface area contributed by atoms with E-state index in [1.165, 1.54) is 334 Å². The van der Waals surface area contributed by atoms with Crippen molar-refractivity contribution in [1.82, 2.24) is 0 Å². The predicted molar refractivity (Wildman–Crippen MR) is 386 cm³/mol. The molecule has 0 amide bonds. The molecule has 0 saturated carbocycles. The number of phosphoric ester groups is 1. The molecule has 3 N–H and O–H groups in total. The fourth-order valence-corrected chi connectivity index (χ4v) is 12.6. The zero-order valence-electron chi connectivity index (χ0n) is 59.2. The Balaban J connectivity index is 3.76. The van der Waals surface area contributed by atoms with Gasteiger partial charge in [-0.15, -0.1) is 0 Å². The molecular weight excluding hydrogens is 1120 g/mol. The van der Waals surface area contributed by atoms with Gasteiger partial charge in [-0.1, -0.05) is 371 Å². The lowest BCUT2D eigenvalue weighted by atomic mass is 10.0. The number of allylic oxidation sites excluding steroid dienone is 8. The van der Waals surface area contributed by atoms with Crippen molar-refractivity contribution in [1.29, 1.82) is 0 Å². The summed E-state index contributed by atoms with van der Waals surface area (Å²) in [5, 5.41) is 0. The molecule has 0 fully saturated rings. The van der Waals surface area contributed by atoms with Gasteiger partial charge in [0, 0.05) is 19.4 Å². The highest BCUT2D eigenvalue weighted by atomic mass is 31.2. The number of hydrogen-bond acceptors (Lipinski definition) is 8. The third kappa shape index (κ3) is 74.9. The van der Waals surface area contributed by atoms with Crippen molar-refractivity contribution in [3.05, 3.63) is 48.6 Å². The van der Waals surface area contributed by atoms with E-state index in [9.17, 15) is 19.0 Å². The Kier molecular flexibility index (Phi) is 73.3. The summed E-state index contributed by atoms with van der Waals surface area (Å²) in [5.74, 6) is -0.803. The number of ether oxygens (including phenoxy) is 2. The van der Waals surface area contributed by atoms with Crippen molar-refractivity contribution in [2.24, 2.45) is 5.73 Å². The lowest BCUT2D eigenvalue weighted by Gasteiger charge is -2.19. The molecule has 0 aromatic rings. The zero-order chi connectivity index (χ0) is 64.4. The van der Waals surface area contributed by atoms with E-state index in [0.717, 1.165) is 44.9 Å². The SMILES string of the molecule is CCCCCCC/C=C\C/C=C\CCCCCCCCCCCCCCCCCCCCCCCCCCCC(=O)OC(COC(=O)CCCCCCCCCCCCCCCCCCCCC/C=C\C/C=C\CCCCCCC)COP(=O)(O)OCCN. The molecule has 524 valence electrons. The van der Waals surface area contributed by atoms with E-state index in [1.807, 2.05) is 0 Å². The molecule has 10 heteroatoms. The van der Waals surface area contributed by atoms with Gasteiger partial charge >= 0.3 is 19.8 Å². The lowest BCUT2D eigenvalue weighted by Crippen LogP contribution is -2.29. The highest BCUT2D eigenvalue weighted by Crippen LogP contribution is 2.43. The van der Waals surface area contributed by atoms with Gasteiger partial charge in [0.25, 0.3) is 0 Å². The van der Waals surface area contributed by atoms with E-state index in [4.69, 9.17) is 24.3 Å². The lowest BCUT2D eigenvalue weighted by molar-refractivity contribution is -0.161. The number of nitrogens with two attached hydrogens (primary N) is 1. The first-order valence-corrected chi connectivity index (χ1v) is 40.6. The summed E-state index contributed by atoms with van der Waals surface area (Å²) in [7, 11) is -4.39. The molecule has 0 bridgehead atoms. The van der Waals surface area contributed by atoms with Crippen molar-refractivity contribution in [2.75, 3.05) is 26.4 Å². The molecule has 0 saturated heterocycles. The molecule has 0 aliphatic heterocycles. The summed E-state index contributed by atoms with van der Waals surface area (Å²) in [6, 6.07) is 0. The second-order valence-corrected chi connectivity index (χ2v) is 28.0. The second kappa shape index (κ2) is 75.0. The smallest absolute Gasteiger partial charge is 0.462 e. The molecule has 0 heterocycles. The van der Waals surface area contributed by atoms with Crippen LogP contribution in [0.4, 0.5) is 0 Å². The van der Waals surface area contributed by atoms with Gasteiger partial charge in [-0.05, 0) is 77.0 Å². The quantitative estimate of drug-likeness (QED) is 0.0264. The average molecular weight is 1270 g/mol. The number of unbranched alkanes of at least 4 members (excludes halogenated alkanes) is 54. The van der Waals surface area contributed by atoms with Gasteiger partial charge in [0.15, 0.2) is 6.10 Å². The number of rotatable bonds is 75. The van der Waals surface area contributed by atoms with Gasteiger partial charge in [-0.2, -0.15) is 0 Å². The predicted octanol–water partition coefficient (Wildman–Crippen LogP) is 26.0. The summed E-state index contributed by atoms with van der Waals surface area (Å²) < 4.78 is 33.3. The highest BCUT2D eigenvalue weighted by molar-refractivity contribution is 7.47. The Morgan fingerprint density at radius 2 is 0.584 bits per heavy atom. The summed E-state index contributed by atoms with van der Waals surface area (Å²) >= 11 is 0. The molecule has 89 heavy (non-hydrogen) atoms. The van der Waals surface area contributed by atoms with Crippen molar-refractivity contribution >= 4 is 19.8 Å². The van der Waals surface area contributed by atoms with Gasteiger partial charge in [-0.25, -0.2) is 4.57 Å². The van der Waals surface area contributed by atoms with Crippen LogP contribution in [0.1, 0.15) is 412 Å². The first-order chi connectivity index (χ1) is 43.8. The summed E-state index contributed by atoms with van der Waals surface area (Å²) in [5.41, 5.74) is 5.41. The third-order valence-electron chi connectivity index (χ3n) is 17.7. The number of phosphoric acid groups is 1. The molecule has 0 aliphatic carbocycles. The van der Waals surface area contributed by atoms with Crippen LogP contribution in [0.2, 0.25) is 0 Å². The molecule has 2 unspecified atom stereocenters. The van der Waals surface area contributed by atoms with E-state index < -0.39 is 26.5 Å². The van der Waals surface area contributed by atoms with Crippen molar-refractivity contribution in [2.45, 2.75) is 418 Å². The van der Waals surface area contributed by atoms with Crippen LogP contribution < -0.4 is 5.73 Å². The van der Waals surface area contributed by atoms with Crippen LogP contribution >= 0.6 is 7.82 Å². The minimum atomic E-state index is -4.39. The maximum absolute atomic E-state index is 12.8. The Labute approximate surface area is 553 Å². The summed E-state index contributed by atoms with van der Waals surface area (Å²) in [4.78, 5) is 35.4. The fourth-order valence-electron chi connectivity index (χ4n) is 11.9. The van der Waals surface area contributed by atoms with Crippen LogP contribution in [0, 0.1) is 0 Å². The Bertz CT molecular complexity index is 1600. The summed E-state index contributed by atoms with van der Waals surface area (Å²) in [6.45, 7) is 3.80. The van der Waals surface area contributed by atoms with E-state index in [0.29, 0.717) is 6.42 Å². The van der Waals surface area contributed by atoms with Crippen molar-refractivity contribution < 1.29 is 37.6 Å². The first-order valence-electron chi connectivity index (χ1n) is 39.1. The van der Waals surface area contributed by atoms with E-state index in [1.54, 1.807) is 0 Å². The number of carbonyl (C=O) groups excluding carboxylic acids is 2. The van der Waals surface area contributed by atoms with Crippen LogP contribution in [0.15, 0.2) is 48.6 Å². The topological polar surface area (TPSA) is 134 Å². The van der Waals surface area contributed by atoms with Gasteiger partial charge < -0.3 is 20.1 Å². The Morgan fingerprint density at radius 3 is 0.854 bits per heavy atom. The average Bonchev–Trinajstić information content (AvgIpc) is 3.68. The highest BCUT2D eigenvalue weighted by Gasteiger charge is 2.26. The largest absolute Gasteiger partial charge is 0.472 e. The molecule has 0 spiro atoms. The standard InChI is InChI=1S/C79H150NO8P/c1-3-5-7-9-11-13-15-17-19-21-23-25-27-29-31-33-35-36-37-38-39-40-42-44-46-48-50-52-54-56-58-60-62-64-66-68-70-72-79(82)88-77(76-87-89(83,84)86-74-73-80)75-85-78(81)71-69-67-65-63-61-59-57-55-53-51-49-47-45-43-41-34-32-30-28-26-24-22-20-18-16-14-12-10-8-6-4-2/h15-18,21-24,77H,3-14,19-20,25-76,80H2,1-2H3,(H,83,84)/b17-15-,18-16-,23-21-,24-22-. The molecule has 0 aliphatic rings. The van der Waals surface area contributed by atoms with Crippen LogP contribution in [0.5, 0.6) is 0 Å². The van der Waals surface area contributed by atoms with Crippen molar-refractivity contribution in [3.8, 4) is 0 Å². The van der Waals surface area contributed by atoms with Gasteiger partial charge in [0.2, 0.25) is 0 Å². The van der Waals surface area contributed by atoms with Crippen LogP contribution in [-0.2, 0) is 32.7 Å². The first kappa shape index (κ1) is 87.0. The molecular formula is C79H150NO8P. The van der Waals surface area contributed by atoms with E-state index in [-0.39, 0.29) is 38.6 Å². The minimum Gasteiger partial charge on any atom is -0.462 e. The molecule has 9 nitrogen and oxygen atoms in total. The van der Waals surface area contributed by atoms with Gasteiger partial charge in [-0.3, -0.25) is 18.6 Å². The van der Waals surface area contributed by atoms with Crippen LogP contribution in [0.3, 0.4) is 0 Å². The number of esters is 2. The molecule has 0 radical (unpaired) electrons. The molecule has 0 aromatic carbocycles. The second-order valence-electron chi connectivity index (χ2n) is 26.6. The van der Waals surface area contributed by atoms with E-state index >= 15 is 0 Å². The van der Waals surface area contributed by atoms with E-state index in [2.05, 4.69) is 62.5 Å². The minimum absolute atomic E-state index is 0.0559. The zero-order valence-corrected chi connectivity index (χ0v) is 60.1.